The molecular weight excluding hydrogens is 603 g/mol. The van der Waals surface area contributed by atoms with Gasteiger partial charge in [-0.1, -0.05) is 0 Å². The van der Waals surface area contributed by atoms with Crippen molar-refractivity contribution >= 4 is 43.8 Å². The maximum atomic E-state index is 4.69. The predicted octanol–water partition coefficient (Wildman–Crippen LogP) is 8.60. The average molecular weight is 637 g/mol. The largest absolute Gasteiger partial charge is 0.147 e. The second-order valence-corrected chi connectivity index (χ2v) is 42.1. The van der Waals surface area contributed by atoms with Gasteiger partial charge in [-0.15, -0.1) is 24.8 Å². The minimum Gasteiger partial charge on any atom is -0.147 e. The molecular formula is C32H34Cl2N2SiZr. The number of pyridine rings is 2. The van der Waals surface area contributed by atoms with Crippen molar-refractivity contribution in [2.24, 2.45) is 0 Å². The quantitative estimate of drug-likeness (QED) is 0.210. The molecule has 0 fully saturated rings. The Balaban J connectivity index is 0.00000168. The van der Waals surface area contributed by atoms with Crippen molar-refractivity contribution in [2.45, 2.75) is 30.4 Å². The van der Waals surface area contributed by atoms with Crippen LogP contribution in [0.5, 0.6) is 0 Å². The minimum absolute atomic E-state index is 0. The van der Waals surface area contributed by atoms with E-state index in [1.54, 1.807) is 0 Å². The van der Waals surface area contributed by atoms with Crippen LogP contribution in [0.15, 0.2) is 96.3 Å². The van der Waals surface area contributed by atoms with E-state index in [-0.39, 0.29) is 24.8 Å². The summed E-state index contributed by atoms with van der Waals surface area (Å²) in [5.74, 6) is 0. The third-order valence-electron chi connectivity index (χ3n) is 8.33. The summed E-state index contributed by atoms with van der Waals surface area (Å²) in [5.41, 5.74) is 13.4. The van der Waals surface area contributed by atoms with E-state index in [1.165, 1.54) is 44.5 Å². The van der Waals surface area contributed by atoms with Crippen molar-refractivity contribution in [1.82, 2.24) is 9.97 Å². The Morgan fingerprint density at radius 1 is 0.605 bits per heavy atom. The van der Waals surface area contributed by atoms with Gasteiger partial charge in [0, 0.05) is 0 Å². The molecule has 6 rings (SSSR count). The SMILES string of the molecule is CC1=Cc2c(-c3ccccn3)cccc2[CH]1[Zr]([CH3])([CH3])(=[SiH2])[CH]1C(C)=Cc2c(-c3ccccn3)cccc21.Cl.Cl. The molecule has 0 amide bonds. The Morgan fingerprint density at radius 2 is 1.03 bits per heavy atom. The zero-order valence-electron chi connectivity index (χ0n) is 22.3. The number of benzene rings is 2. The summed E-state index contributed by atoms with van der Waals surface area (Å²) in [6, 6.07) is 26.1. The van der Waals surface area contributed by atoms with Crippen molar-refractivity contribution in [1.29, 1.82) is 0 Å². The van der Waals surface area contributed by atoms with Crippen LogP contribution in [0.2, 0.25) is 9.26 Å². The summed E-state index contributed by atoms with van der Waals surface area (Å²) in [4.78, 5) is 9.38. The van der Waals surface area contributed by atoms with E-state index in [0.717, 1.165) is 11.4 Å². The molecule has 2 atom stereocenters. The number of hydrogen-bond donors (Lipinski definition) is 0. The van der Waals surface area contributed by atoms with Crippen LogP contribution in [-0.2, 0) is 17.4 Å². The first-order chi connectivity index (χ1) is 17.2. The molecule has 0 aliphatic heterocycles. The summed E-state index contributed by atoms with van der Waals surface area (Å²) < 4.78 is 6.38. The first-order valence-electron chi connectivity index (χ1n) is 12.8. The van der Waals surface area contributed by atoms with E-state index in [0.29, 0.717) is 7.25 Å². The normalized spacial score (nSPS) is 17.9. The molecule has 2 aromatic carbocycles. The molecule has 194 valence electrons. The minimum atomic E-state index is -3.52. The van der Waals surface area contributed by atoms with Crippen molar-refractivity contribution in [3.8, 4) is 22.5 Å². The zero-order chi connectivity index (χ0) is 25.1. The van der Waals surface area contributed by atoms with Gasteiger partial charge in [0.15, 0.2) is 0 Å². The van der Waals surface area contributed by atoms with Crippen molar-refractivity contribution in [3.63, 3.8) is 0 Å². The van der Waals surface area contributed by atoms with Crippen LogP contribution in [0, 0.1) is 0 Å². The van der Waals surface area contributed by atoms with E-state index >= 15 is 0 Å². The molecule has 2 heterocycles. The molecule has 2 unspecified atom stereocenters. The van der Waals surface area contributed by atoms with Gasteiger partial charge in [0.05, 0.1) is 0 Å². The fourth-order valence-corrected chi connectivity index (χ4v) is 28.5. The molecule has 0 saturated carbocycles. The Hall–Kier alpha value is -2.10. The molecule has 4 aromatic rings. The smallest absolute Gasteiger partial charge is 0.147 e. The molecule has 38 heavy (non-hydrogen) atoms. The number of hydrogen-bond acceptors (Lipinski definition) is 2. The maximum absolute atomic E-state index is 4.69. The van der Waals surface area contributed by atoms with E-state index in [1.807, 2.05) is 24.5 Å². The van der Waals surface area contributed by atoms with Crippen LogP contribution >= 0.6 is 24.8 Å². The number of allylic oxidation sites excluding steroid dienone is 2. The predicted molar refractivity (Wildman–Crippen MR) is 167 cm³/mol. The number of rotatable bonds is 4. The summed E-state index contributed by atoms with van der Waals surface area (Å²) >= 11 is -3.52. The molecule has 6 heteroatoms. The Labute approximate surface area is 241 Å². The Kier molecular flexibility index (Phi) is 7.96. The number of nitrogens with zero attached hydrogens (tertiary/aromatic N) is 2. The van der Waals surface area contributed by atoms with E-state index in [9.17, 15) is 0 Å². The van der Waals surface area contributed by atoms with Crippen LogP contribution < -0.4 is 0 Å². The van der Waals surface area contributed by atoms with Gasteiger partial charge in [-0.25, -0.2) is 0 Å². The topological polar surface area (TPSA) is 25.8 Å². The van der Waals surface area contributed by atoms with E-state index in [2.05, 4.69) is 113 Å². The number of halogens is 2. The molecule has 2 aliphatic rings. The summed E-state index contributed by atoms with van der Waals surface area (Å²) in [6.07, 6.45) is 8.70. The van der Waals surface area contributed by atoms with Crippen LogP contribution in [-0.4, -0.2) is 16.8 Å². The third kappa shape index (κ3) is 4.54. The zero-order valence-corrected chi connectivity index (χ0v) is 27.8. The van der Waals surface area contributed by atoms with E-state index in [4.69, 9.17) is 0 Å². The van der Waals surface area contributed by atoms with Gasteiger partial charge in [-0.2, -0.15) is 0 Å². The van der Waals surface area contributed by atoms with Crippen LogP contribution in [0.1, 0.15) is 43.4 Å². The summed E-state index contributed by atoms with van der Waals surface area (Å²) in [5, 5.41) is 0. The molecule has 0 spiro atoms. The summed E-state index contributed by atoms with van der Waals surface area (Å²) in [6.45, 7) is 7.11. The first kappa shape index (κ1) is 28.9. The van der Waals surface area contributed by atoms with Gasteiger partial charge in [-0.05, 0) is 0 Å². The third-order valence-corrected chi connectivity index (χ3v) is 26.3. The maximum Gasteiger partial charge on any atom is -0.147 e. The number of aromatic nitrogens is 2. The van der Waals surface area contributed by atoms with Gasteiger partial charge >= 0.3 is 218 Å². The summed E-state index contributed by atoms with van der Waals surface area (Å²) in [7, 11) is 0. The molecule has 2 aromatic heterocycles. The Morgan fingerprint density at radius 3 is 1.39 bits per heavy atom. The van der Waals surface area contributed by atoms with Gasteiger partial charge in [0.1, 0.15) is 0 Å². The van der Waals surface area contributed by atoms with Crippen LogP contribution in [0.4, 0.5) is 0 Å². The Bertz CT molecular complexity index is 1520. The standard InChI is InChI=1S/2C15H12N.2CH3.2ClH.H2Si.Zr/c2*1-11-9-12-5-4-6-13(14(12)10-11)15-7-2-3-8-16-15;;;;;;/h2*2-10H,1H3;2*1H3;2*1H;1H2;. The first-order valence-corrected chi connectivity index (χ1v) is 26.4. The second-order valence-electron chi connectivity index (χ2n) is 11.6. The van der Waals surface area contributed by atoms with Crippen molar-refractivity contribution < 1.29 is 17.4 Å². The van der Waals surface area contributed by atoms with Gasteiger partial charge in [0.25, 0.3) is 0 Å². The fourth-order valence-electron chi connectivity index (χ4n) is 7.28. The van der Waals surface area contributed by atoms with Crippen molar-refractivity contribution in [3.05, 3.63) is 119 Å². The van der Waals surface area contributed by atoms with Gasteiger partial charge in [-0.3, -0.25) is 0 Å². The van der Waals surface area contributed by atoms with Crippen molar-refractivity contribution in [2.75, 3.05) is 0 Å². The number of fused-ring (bicyclic) bond motifs is 2. The monoisotopic (exact) mass is 634 g/mol. The van der Waals surface area contributed by atoms with Gasteiger partial charge in [0.2, 0.25) is 0 Å². The molecule has 0 N–H and O–H groups in total. The average Bonchev–Trinajstić information content (AvgIpc) is 3.41. The second kappa shape index (κ2) is 10.5. The molecule has 0 bridgehead atoms. The molecule has 2 nitrogen and oxygen atoms in total. The molecule has 0 saturated heterocycles. The van der Waals surface area contributed by atoms with Crippen LogP contribution in [0.3, 0.4) is 0 Å². The van der Waals surface area contributed by atoms with Gasteiger partial charge < -0.3 is 0 Å². The fraction of sp³-hybridized carbons (Fsp3) is 0.188. The van der Waals surface area contributed by atoms with E-state index < -0.39 is 17.4 Å². The van der Waals surface area contributed by atoms with Crippen LogP contribution in [0.25, 0.3) is 34.7 Å². The molecule has 0 radical (unpaired) electrons. The molecule has 2 aliphatic carbocycles.